The van der Waals surface area contributed by atoms with Crippen LogP contribution in [0.25, 0.3) is 0 Å². The smallest absolute Gasteiger partial charge is 0.231 e. The molecule has 110 valence electrons. The average molecular weight is 286 g/mol. The van der Waals surface area contributed by atoms with Crippen LogP contribution in [0, 0.1) is 0 Å². The Hall–Kier alpha value is -2.11. The number of fused-ring (bicyclic) bond motifs is 1. The highest BCUT2D eigenvalue weighted by molar-refractivity contribution is 5.44. The Labute approximate surface area is 123 Å². The summed E-state index contributed by atoms with van der Waals surface area (Å²) in [5, 5.41) is 3.09. The first-order valence-corrected chi connectivity index (χ1v) is 6.91. The first-order chi connectivity index (χ1) is 10.3. The summed E-state index contributed by atoms with van der Waals surface area (Å²) in [6.45, 7) is 2.07. The fourth-order valence-electron chi connectivity index (χ4n) is 2.19. The number of hydrogen-bond donors (Lipinski definition) is 1. The number of benzene rings is 1. The molecule has 5 nitrogen and oxygen atoms in total. The lowest BCUT2D eigenvalue weighted by molar-refractivity contribution is 0.104. The van der Waals surface area contributed by atoms with E-state index >= 15 is 0 Å². The van der Waals surface area contributed by atoms with E-state index < -0.39 is 0 Å². The van der Waals surface area contributed by atoms with Crippen molar-refractivity contribution in [2.24, 2.45) is 0 Å². The molecule has 0 amide bonds. The van der Waals surface area contributed by atoms with E-state index in [0.29, 0.717) is 20.0 Å². The first kappa shape index (κ1) is 13.9. The van der Waals surface area contributed by atoms with Crippen molar-refractivity contribution in [1.29, 1.82) is 0 Å². The van der Waals surface area contributed by atoms with E-state index in [0.717, 1.165) is 35.0 Å². The molecule has 1 aliphatic heterocycles. The predicted octanol–water partition coefficient (Wildman–Crippen LogP) is 2.25. The number of nitrogens with one attached hydrogen (secondary N) is 1. The molecule has 1 aromatic carbocycles. The van der Waals surface area contributed by atoms with Crippen molar-refractivity contribution in [3.8, 4) is 11.5 Å². The number of hydrogen-bond acceptors (Lipinski definition) is 5. The van der Waals surface area contributed by atoms with E-state index in [1.165, 1.54) is 0 Å². The minimum absolute atomic E-state index is 0.293. The van der Waals surface area contributed by atoms with Crippen LogP contribution in [0.3, 0.4) is 0 Å². The van der Waals surface area contributed by atoms with Gasteiger partial charge in [-0.15, -0.1) is 0 Å². The fourth-order valence-corrected chi connectivity index (χ4v) is 2.19. The minimum atomic E-state index is 0.293. The molecule has 0 atom stereocenters. The molecule has 2 heterocycles. The van der Waals surface area contributed by atoms with E-state index in [9.17, 15) is 0 Å². The molecule has 0 radical (unpaired) electrons. The molecular formula is C16H18N2O3. The Balaban J connectivity index is 1.55. The van der Waals surface area contributed by atoms with Crippen LogP contribution in [-0.2, 0) is 24.5 Å². The van der Waals surface area contributed by atoms with Gasteiger partial charge in [-0.1, -0.05) is 12.1 Å². The highest BCUT2D eigenvalue weighted by atomic mass is 16.7. The lowest BCUT2D eigenvalue weighted by atomic mass is 10.2. The second kappa shape index (κ2) is 6.56. The highest BCUT2D eigenvalue weighted by Gasteiger charge is 2.13. The molecule has 0 bridgehead atoms. The van der Waals surface area contributed by atoms with Crippen molar-refractivity contribution in [2.45, 2.75) is 19.8 Å². The van der Waals surface area contributed by atoms with Crippen molar-refractivity contribution >= 4 is 0 Å². The molecule has 0 spiro atoms. The molecule has 3 rings (SSSR count). The van der Waals surface area contributed by atoms with Crippen LogP contribution in [0.2, 0.25) is 0 Å². The minimum Gasteiger partial charge on any atom is -0.454 e. The summed E-state index contributed by atoms with van der Waals surface area (Å²) in [7, 11) is 1.91. The standard InChI is InChI=1S/C16H18N2O3/c1-17-8-13-3-2-4-14(18-13)10-19-9-12-5-6-15-16(7-12)21-11-20-15/h2-7,17H,8-11H2,1H3. The van der Waals surface area contributed by atoms with Gasteiger partial charge in [0.15, 0.2) is 11.5 Å². The molecule has 1 aliphatic rings. The van der Waals surface area contributed by atoms with Gasteiger partial charge in [-0.05, 0) is 36.9 Å². The molecule has 21 heavy (non-hydrogen) atoms. The SMILES string of the molecule is CNCc1cccc(COCc2ccc3c(c2)OCO3)n1. The summed E-state index contributed by atoms with van der Waals surface area (Å²) < 4.78 is 16.4. The molecule has 0 fully saturated rings. The molecule has 1 aromatic heterocycles. The quantitative estimate of drug-likeness (QED) is 0.882. The van der Waals surface area contributed by atoms with Crippen LogP contribution in [0.1, 0.15) is 17.0 Å². The second-order valence-corrected chi connectivity index (χ2v) is 4.83. The predicted molar refractivity (Wildman–Crippen MR) is 78.1 cm³/mol. The Morgan fingerprint density at radius 3 is 2.86 bits per heavy atom. The lowest BCUT2D eigenvalue weighted by Crippen LogP contribution is -2.08. The number of aromatic nitrogens is 1. The van der Waals surface area contributed by atoms with Gasteiger partial charge in [0, 0.05) is 6.54 Å². The maximum Gasteiger partial charge on any atom is 0.231 e. The van der Waals surface area contributed by atoms with E-state index in [1.807, 2.05) is 43.4 Å². The topological polar surface area (TPSA) is 52.6 Å². The summed E-state index contributed by atoms with van der Waals surface area (Å²) in [6.07, 6.45) is 0. The van der Waals surface area contributed by atoms with Gasteiger partial charge in [0.25, 0.3) is 0 Å². The summed E-state index contributed by atoms with van der Waals surface area (Å²) in [5.74, 6) is 1.57. The monoisotopic (exact) mass is 286 g/mol. The number of pyridine rings is 1. The molecular weight excluding hydrogens is 268 g/mol. The van der Waals surface area contributed by atoms with E-state index in [1.54, 1.807) is 0 Å². The molecule has 0 saturated carbocycles. The Morgan fingerprint density at radius 2 is 1.95 bits per heavy atom. The lowest BCUT2D eigenvalue weighted by Gasteiger charge is -2.06. The third-order valence-electron chi connectivity index (χ3n) is 3.18. The average Bonchev–Trinajstić information content (AvgIpc) is 2.96. The zero-order valence-corrected chi connectivity index (χ0v) is 12.0. The van der Waals surface area contributed by atoms with Crippen LogP contribution in [-0.4, -0.2) is 18.8 Å². The van der Waals surface area contributed by atoms with Gasteiger partial charge < -0.3 is 19.5 Å². The molecule has 0 aliphatic carbocycles. The van der Waals surface area contributed by atoms with E-state index in [-0.39, 0.29) is 0 Å². The van der Waals surface area contributed by atoms with Crippen molar-refractivity contribution in [3.05, 3.63) is 53.3 Å². The van der Waals surface area contributed by atoms with Gasteiger partial charge in [0.2, 0.25) is 6.79 Å². The zero-order valence-electron chi connectivity index (χ0n) is 12.0. The maximum atomic E-state index is 5.72. The molecule has 5 heteroatoms. The van der Waals surface area contributed by atoms with Crippen molar-refractivity contribution in [2.75, 3.05) is 13.8 Å². The number of rotatable bonds is 6. The van der Waals surface area contributed by atoms with Crippen molar-refractivity contribution < 1.29 is 14.2 Å². The first-order valence-electron chi connectivity index (χ1n) is 6.91. The molecule has 1 N–H and O–H groups in total. The molecule has 0 saturated heterocycles. The van der Waals surface area contributed by atoms with Gasteiger partial charge >= 0.3 is 0 Å². The summed E-state index contributed by atoms with van der Waals surface area (Å²) >= 11 is 0. The van der Waals surface area contributed by atoms with E-state index in [2.05, 4.69) is 10.3 Å². The van der Waals surface area contributed by atoms with Crippen LogP contribution in [0.5, 0.6) is 11.5 Å². The molecule has 2 aromatic rings. The van der Waals surface area contributed by atoms with Crippen LogP contribution in [0.4, 0.5) is 0 Å². The van der Waals surface area contributed by atoms with Gasteiger partial charge in [-0.3, -0.25) is 4.98 Å². The van der Waals surface area contributed by atoms with Gasteiger partial charge in [-0.25, -0.2) is 0 Å². The maximum absolute atomic E-state index is 5.72. The zero-order chi connectivity index (χ0) is 14.5. The van der Waals surface area contributed by atoms with Gasteiger partial charge in [-0.2, -0.15) is 0 Å². The second-order valence-electron chi connectivity index (χ2n) is 4.83. The summed E-state index contributed by atoms with van der Waals surface area (Å²) in [4.78, 5) is 4.52. The summed E-state index contributed by atoms with van der Waals surface area (Å²) in [6, 6.07) is 11.8. The van der Waals surface area contributed by atoms with Gasteiger partial charge in [0.05, 0.1) is 24.6 Å². The third kappa shape index (κ3) is 3.51. The normalized spacial score (nSPS) is 12.6. The van der Waals surface area contributed by atoms with Crippen molar-refractivity contribution in [1.82, 2.24) is 10.3 Å². The summed E-state index contributed by atoms with van der Waals surface area (Å²) in [5.41, 5.74) is 3.01. The molecule has 0 unspecified atom stereocenters. The highest BCUT2D eigenvalue weighted by Crippen LogP contribution is 2.32. The fraction of sp³-hybridized carbons (Fsp3) is 0.312. The van der Waals surface area contributed by atoms with Gasteiger partial charge in [0.1, 0.15) is 0 Å². The largest absolute Gasteiger partial charge is 0.454 e. The van der Waals surface area contributed by atoms with Crippen molar-refractivity contribution in [3.63, 3.8) is 0 Å². The number of nitrogens with zero attached hydrogens (tertiary/aromatic N) is 1. The van der Waals surface area contributed by atoms with Crippen LogP contribution >= 0.6 is 0 Å². The Bertz CT molecular complexity index is 616. The van der Waals surface area contributed by atoms with Crippen LogP contribution < -0.4 is 14.8 Å². The Kier molecular flexibility index (Phi) is 4.33. The third-order valence-corrected chi connectivity index (χ3v) is 3.18. The van der Waals surface area contributed by atoms with E-state index in [4.69, 9.17) is 14.2 Å². The number of ether oxygens (including phenoxy) is 3. The van der Waals surface area contributed by atoms with Crippen LogP contribution in [0.15, 0.2) is 36.4 Å². The Morgan fingerprint density at radius 1 is 1.10 bits per heavy atom.